The molecule has 0 radical (unpaired) electrons. The first-order valence-corrected chi connectivity index (χ1v) is 8.21. The first-order valence-electron chi connectivity index (χ1n) is 7.22. The summed E-state index contributed by atoms with van der Waals surface area (Å²) < 4.78 is 0.457. The summed E-state index contributed by atoms with van der Waals surface area (Å²) in [6, 6.07) is 8.65. The standard InChI is InChI=1S/C16H26N2S/c1-14-4-6-15(7-5-14)17-9-11-18-10-8-16(2,3)19-13-12-18/h4-7,17H,8-13H2,1-3H3. The summed E-state index contributed by atoms with van der Waals surface area (Å²) in [7, 11) is 0. The highest BCUT2D eigenvalue weighted by molar-refractivity contribution is 8.00. The van der Waals surface area contributed by atoms with Crippen LogP contribution in [0.1, 0.15) is 25.8 Å². The number of hydrogen-bond donors (Lipinski definition) is 1. The molecule has 1 saturated heterocycles. The maximum absolute atomic E-state index is 3.51. The monoisotopic (exact) mass is 278 g/mol. The minimum Gasteiger partial charge on any atom is -0.384 e. The maximum atomic E-state index is 3.51. The predicted octanol–water partition coefficient (Wildman–Crippen LogP) is 3.62. The molecular weight excluding hydrogens is 252 g/mol. The Hall–Kier alpha value is -0.670. The van der Waals surface area contributed by atoms with Gasteiger partial charge in [0.25, 0.3) is 0 Å². The van der Waals surface area contributed by atoms with Gasteiger partial charge in [0, 0.05) is 35.8 Å². The zero-order chi connectivity index (χ0) is 13.7. The Morgan fingerprint density at radius 1 is 1.21 bits per heavy atom. The van der Waals surface area contributed by atoms with E-state index in [0.717, 1.165) is 13.1 Å². The van der Waals surface area contributed by atoms with Crippen LogP contribution in [0.25, 0.3) is 0 Å². The molecule has 2 rings (SSSR count). The Morgan fingerprint density at radius 3 is 2.68 bits per heavy atom. The molecule has 19 heavy (non-hydrogen) atoms. The summed E-state index contributed by atoms with van der Waals surface area (Å²) in [6.45, 7) is 11.5. The van der Waals surface area contributed by atoms with Crippen LogP contribution in [0.2, 0.25) is 0 Å². The summed E-state index contributed by atoms with van der Waals surface area (Å²) in [5.74, 6) is 1.26. The SMILES string of the molecule is Cc1ccc(NCCN2CCSC(C)(C)CC2)cc1. The quantitative estimate of drug-likeness (QED) is 0.905. The van der Waals surface area contributed by atoms with E-state index >= 15 is 0 Å². The van der Waals surface area contributed by atoms with Crippen LogP contribution in [-0.2, 0) is 0 Å². The van der Waals surface area contributed by atoms with Crippen LogP contribution in [-0.4, -0.2) is 41.6 Å². The van der Waals surface area contributed by atoms with Gasteiger partial charge in [-0.2, -0.15) is 11.8 Å². The highest BCUT2D eigenvalue weighted by atomic mass is 32.2. The lowest BCUT2D eigenvalue weighted by atomic mass is 10.1. The van der Waals surface area contributed by atoms with Crippen molar-refractivity contribution in [1.82, 2.24) is 4.90 Å². The van der Waals surface area contributed by atoms with Gasteiger partial charge in [0.05, 0.1) is 0 Å². The van der Waals surface area contributed by atoms with Gasteiger partial charge in [-0.1, -0.05) is 31.5 Å². The van der Waals surface area contributed by atoms with Crippen molar-refractivity contribution in [2.45, 2.75) is 31.9 Å². The van der Waals surface area contributed by atoms with Crippen molar-refractivity contribution in [1.29, 1.82) is 0 Å². The molecule has 0 spiro atoms. The van der Waals surface area contributed by atoms with E-state index in [2.05, 4.69) is 67.0 Å². The summed E-state index contributed by atoms with van der Waals surface area (Å²) >= 11 is 2.11. The lowest BCUT2D eigenvalue weighted by Gasteiger charge is -2.22. The van der Waals surface area contributed by atoms with Gasteiger partial charge in [0.1, 0.15) is 0 Å². The van der Waals surface area contributed by atoms with Crippen molar-refractivity contribution in [3.8, 4) is 0 Å². The number of thioether (sulfide) groups is 1. The molecule has 1 N–H and O–H groups in total. The highest BCUT2D eigenvalue weighted by Gasteiger charge is 2.23. The van der Waals surface area contributed by atoms with Crippen LogP contribution in [0.15, 0.2) is 24.3 Å². The van der Waals surface area contributed by atoms with Gasteiger partial charge in [-0.15, -0.1) is 0 Å². The van der Waals surface area contributed by atoms with Gasteiger partial charge in [-0.3, -0.25) is 0 Å². The van der Waals surface area contributed by atoms with E-state index in [1.807, 2.05) is 0 Å². The molecule has 1 heterocycles. The molecule has 0 saturated carbocycles. The maximum Gasteiger partial charge on any atom is 0.0340 e. The van der Waals surface area contributed by atoms with E-state index in [9.17, 15) is 0 Å². The number of nitrogens with zero attached hydrogens (tertiary/aromatic N) is 1. The number of nitrogens with one attached hydrogen (secondary N) is 1. The van der Waals surface area contributed by atoms with Gasteiger partial charge < -0.3 is 10.2 Å². The molecule has 1 aromatic rings. The molecule has 0 atom stereocenters. The molecule has 1 aromatic carbocycles. The lowest BCUT2D eigenvalue weighted by Crippen LogP contribution is -2.31. The minimum atomic E-state index is 0.457. The molecule has 1 fully saturated rings. The van der Waals surface area contributed by atoms with Crippen LogP contribution < -0.4 is 5.32 Å². The number of anilines is 1. The molecule has 0 aliphatic carbocycles. The predicted molar refractivity (Wildman–Crippen MR) is 87.3 cm³/mol. The smallest absolute Gasteiger partial charge is 0.0340 e. The number of hydrogen-bond acceptors (Lipinski definition) is 3. The van der Waals surface area contributed by atoms with E-state index in [0.29, 0.717) is 4.75 Å². The lowest BCUT2D eigenvalue weighted by molar-refractivity contribution is 0.295. The topological polar surface area (TPSA) is 15.3 Å². The first-order chi connectivity index (χ1) is 9.05. The van der Waals surface area contributed by atoms with Crippen LogP contribution in [0.4, 0.5) is 5.69 Å². The average Bonchev–Trinajstić information content (AvgIpc) is 2.53. The molecule has 0 unspecified atom stereocenters. The molecule has 1 aliphatic heterocycles. The van der Waals surface area contributed by atoms with Crippen molar-refractivity contribution >= 4 is 17.4 Å². The molecule has 3 heteroatoms. The molecule has 2 nitrogen and oxygen atoms in total. The Morgan fingerprint density at radius 2 is 1.95 bits per heavy atom. The van der Waals surface area contributed by atoms with Crippen molar-refractivity contribution in [2.75, 3.05) is 37.2 Å². The van der Waals surface area contributed by atoms with E-state index in [-0.39, 0.29) is 0 Å². The third kappa shape index (κ3) is 5.07. The molecule has 1 aliphatic rings. The van der Waals surface area contributed by atoms with Crippen molar-refractivity contribution in [3.05, 3.63) is 29.8 Å². The Kier molecular flexibility index (Phi) is 5.17. The van der Waals surface area contributed by atoms with E-state index < -0.39 is 0 Å². The fourth-order valence-electron chi connectivity index (χ4n) is 2.32. The van der Waals surface area contributed by atoms with Crippen LogP contribution >= 0.6 is 11.8 Å². The Labute approximate surface area is 122 Å². The second-order valence-electron chi connectivity index (χ2n) is 5.99. The average molecular weight is 278 g/mol. The Bertz CT molecular complexity index is 386. The first kappa shape index (κ1) is 14.7. The summed E-state index contributed by atoms with van der Waals surface area (Å²) in [5, 5.41) is 3.51. The molecule has 106 valence electrons. The number of rotatable bonds is 4. The summed E-state index contributed by atoms with van der Waals surface area (Å²) in [6.07, 6.45) is 1.29. The summed E-state index contributed by atoms with van der Waals surface area (Å²) in [5.41, 5.74) is 2.55. The van der Waals surface area contributed by atoms with Gasteiger partial charge in [0.15, 0.2) is 0 Å². The van der Waals surface area contributed by atoms with Gasteiger partial charge in [-0.05, 0) is 32.0 Å². The zero-order valence-electron chi connectivity index (χ0n) is 12.4. The molecule has 0 amide bonds. The normalized spacial score (nSPS) is 19.9. The number of aryl methyl sites for hydroxylation is 1. The third-order valence-corrected chi connectivity index (χ3v) is 5.11. The minimum absolute atomic E-state index is 0.457. The fourth-order valence-corrected chi connectivity index (χ4v) is 3.45. The zero-order valence-corrected chi connectivity index (χ0v) is 13.2. The van der Waals surface area contributed by atoms with E-state index in [1.165, 1.54) is 36.5 Å². The van der Waals surface area contributed by atoms with E-state index in [1.54, 1.807) is 0 Å². The highest BCUT2D eigenvalue weighted by Crippen LogP contribution is 2.30. The number of benzene rings is 1. The van der Waals surface area contributed by atoms with E-state index in [4.69, 9.17) is 0 Å². The van der Waals surface area contributed by atoms with Crippen LogP contribution in [0.3, 0.4) is 0 Å². The molecular formula is C16H26N2S. The van der Waals surface area contributed by atoms with Crippen molar-refractivity contribution in [3.63, 3.8) is 0 Å². The van der Waals surface area contributed by atoms with Gasteiger partial charge in [0.2, 0.25) is 0 Å². The van der Waals surface area contributed by atoms with Gasteiger partial charge >= 0.3 is 0 Å². The fraction of sp³-hybridized carbons (Fsp3) is 0.625. The van der Waals surface area contributed by atoms with Crippen molar-refractivity contribution < 1.29 is 0 Å². The molecule has 0 aromatic heterocycles. The second kappa shape index (κ2) is 6.67. The van der Waals surface area contributed by atoms with Crippen LogP contribution in [0, 0.1) is 6.92 Å². The van der Waals surface area contributed by atoms with Crippen molar-refractivity contribution in [2.24, 2.45) is 0 Å². The second-order valence-corrected chi connectivity index (χ2v) is 7.79. The Balaban J connectivity index is 1.72. The van der Waals surface area contributed by atoms with Gasteiger partial charge in [-0.25, -0.2) is 0 Å². The summed E-state index contributed by atoms with van der Waals surface area (Å²) in [4.78, 5) is 2.59. The van der Waals surface area contributed by atoms with Crippen LogP contribution in [0.5, 0.6) is 0 Å². The molecule has 0 bridgehead atoms. The largest absolute Gasteiger partial charge is 0.384 e. The third-order valence-electron chi connectivity index (χ3n) is 3.74.